The molecule has 0 radical (unpaired) electrons. The van der Waals surface area contributed by atoms with Gasteiger partial charge in [-0.15, -0.1) is 0 Å². The molecule has 0 aliphatic heterocycles. The van der Waals surface area contributed by atoms with Crippen molar-refractivity contribution in [3.63, 3.8) is 0 Å². The smallest absolute Gasteiger partial charge is 0.248 e. The average Bonchev–Trinajstić information content (AvgIpc) is 3.12. The number of aromatic nitrogens is 2. The Morgan fingerprint density at radius 2 is 1.69 bits per heavy atom. The number of hydrogen-bond acceptors (Lipinski definition) is 5. The first-order chi connectivity index (χ1) is 15.0. The number of nitrogens with zero attached hydrogens (tertiary/aromatic N) is 2. The van der Waals surface area contributed by atoms with E-state index in [9.17, 15) is 4.79 Å². The first-order valence-electron chi connectivity index (χ1n) is 11.0. The predicted molar refractivity (Wildman–Crippen MR) is 137 cm³/mol. The van der Waals surface area contributed by atoms with E-state index in [1.807, 2.05) is 31.7 Å². The number of rotatable bonds is 10. The minimum Gasteiger partial charge on any atom is -0.398 e. The van der Waals surface area contributed by atoms with Gasteiger partial charge < -0.3 is 26.9 Å². The molecule has 1 aromatic heterocycles. The van der Waals surface area contributed by atoms with Gasteiger partial charge in [-0.1, -0.05) is 45.6 Å². The van der Waals surface area contributed by atoms with Crippen molar-refractivity contribution in [1.82, 2.24) is 9.55 Å². The van der Waals surface area contributed by atoms with Crippen LogP contribution in [0.3, 0.4) is 0 Å². The summed E-state index contributed by atoms with van der Waals surface area (Å²) in [5.41, 5.74) is 15.1. The highest BCUT2D eigenvalue weighted by molar-refractivity contribution is 5.98. The Morgan fingerprint density at radius 3 is 2.09 bits per heavy atom. The van der Waals surface area contributed by atoms with Gasteiger partial charge in [0.15, 0.2) is 0 Å². The first-order valence-corrected chi connectivity index (χ1v) is 11.0. The number of unbranched alkanes of at least 4 members (excludes halogenated alkanes) is 3. The van der Waals surface area contributed by atoms with Crippen molar-refractivity contribution < 1.29 is 4.79 Å². The normalized spacial score (nSPS) is 13.2. The molecule has 0 aliphatic carbocycles. The van der Waals surface area contributed by atoms with Crippen LogP contribution in [-0.4, -0.2) is 27.4 Å². The molecule has 1 aromatic rings. The van der Waals surface area contributed by atoms with E-state index in [0.29, 0.717) is 22.7 Å². The molecule has 0 saturated heterocycles. The van der Waals surface area contributed by atoms with Crippen LogP contribution in [-0.2, 0) is 11.8 Å². The molecule has 32 heavy (non-hydrogen) atoms. The van der Waals surface area contributed by atoms with Crippen molar-refractivity contribution in [3.05, 3.63) is 52.8 Å². The summed E-state index contributed by atoms with van der Waals surface area (Å²) in [5, 5.41) is 15.3. The van der Waals surface area contributed by atoms with Gasteiger partial charge in [-0.05, 0) is 45.4 Å². The van der Waals surface area contributed by atoms with Crippen LogP contribution in [0.5, 0.6) is 0 Å². The number of imidazole rings is 1. The number of aryl methyl sites for hydroxylation is 1. The van der Waals surface area contributed by atoms with Crippen molar-refractivity contribution in [2.45, 2.75) is 67.2 Å². The van der Waals surface area contributed by atoms with Gasteiger partial charge in [0.2, 0.25) is 5.91 Å². The number of hydrogen-bond donors (Lipinski definition) is 4. The molecule has 7 heteroatoms. The van der Waals surface area contributed by atoms with E-state index in [4.69, 9.17) is 22.3 Å². The molecule has 6 N–H and O–H groups in total. The predicted octanol–water partition coefficient (Wildman–Crippen LogP) is 5.15. The Kier molecular flexibility index (Phi) is 13.2. The maximum atomic E-state index is 11.4. The lowest BCUT2D eigenvalue weighted by molar-refractivity contribution is -0.114. The number of carbonyl (C=O) groups is 1. The number of nitrogens with one attached hydrogen (secondary N) is 2. The summed E-state index contributed by atoms with van der Waals surface area (Å²) in [6.07, 6.45) is 13.3. The van der Waals surface area contributed by atoms with Crippen LogP contribution in [0.15, 0.2) is 41.3 Å². The minimum atomic E-state index is -0.584. The third-order valence-corrected chi connectivity index (χ3v) is 4.77. The third kappa shape index (κ3) is 9.29. The topological polar surface area (TPSA) is 135 Å². The van der Waals surface area contributed by atoms with E-state index in [1.54, 1.807) is 26.0 Å². The van der Waals surface area contributed by atoms with Crippen molar-refractivity contribution in [3.8, 4) is 0 Å². The number of primary amides is 1. The van der Waals surface area contributed by atoms with E-state index in [1.165, 1.54) is 31.8 Å². The van der Waals surface area contributed by atoms with Crippen molar-refractivity contribution in [1.29, 1.82) is 10.8 Å². The summed E-state index contributed by atoms with van der Waals surface area (Å²) in [6.45, 7) is 11.6. The molecule has 0 saturated carbocycles. The van der Waals surface area contributed by atoms with Gasteiger partial charge >= 0.3 is 0 Å². The van der Waals surface area contributed by atoms with E-state index < -0.39 is 5.91 Å². The highest BCUT2D eigenvalue weighted by Gasteiger charge is 2.14. The van der Waals surface area contributed by atoms with Crippen molar-refractivity contribution in [2.24, 2.45) is 18.5 Å². The van der Waals surface area contributed by atoms with E-state index in [2.05, 4.69) is 18.8 Å². The van der Waals surface area contributed by atoms with Gasteiger partial charge in [0.25, 0.3) is 0 Å². The molecule has 0 fully saturated rings. The zero-order valence-corrected chi connectivity index (χ0v) is 20.7. The molecule has 7 nitrogen and oxygen atoms in total. The molecule has 0 unspecified atom stereocenters. The van der Waals surface area contributed by atoms with E-state index in [0.717, 1.165) is 17.5 Å². The summed E-state index contributed by atoms with van der Waals surface area (Å²) in [5.74, 6) is 0.0609. The zero-order valence-electron chi connectivity index (χ0n) is 20.7. The van der Waals surface area contributed by atoms with Gasteiger partial charge in [-0.3, -0.25) is 4.79 Å². The summed E-state index contributed by atoms with van der Waals surface area (Å²) >= 11 is 0. The van der Waals surface area contributed by atoms with Crippen LogP contribution >= 0.6 is 0 Å². The van der Waals surface area contributed by atoms with Gasteiger partial charge in [-0.2, -0.15) is 0 Å². The molecule has 0 bridgehead atoms. The molecule has 1 heterocycles. The number of nitrogens with two attached hydrogens (primary N) is 2. The lowest BCUT2D eigenvalue weighted by atomic mass is 10.0. The fraction of sp³-hybridized carbons (Fsp3) is 0.440. The second kappa shape index (κ2) is 14.7. The fourth-order valence-corrected chi connectivity index (χ4v) is 2.97. The number of amides is 1. The molecule has 0 aromatic carbocycles. The van der Waals surface area contributed by atoms with Crippen LogP contribution in [0.2, 0.25) is 0 Å². The lowest BCUT2D eigenvalue weighted by Crippen LogP contribution is -2.15. The van der Waals surface area contributed by atoms with Crippen LogP contribution in [0.1, 0.15) is 78.7 Å². The van der Waals surface area contributed by atoms with Crippen LogP contribution in [0.25, 0.3) is 11.1 Å². The molecule has 0 spiro atoms. The largest absolute Gasteiger partial charge is 0.398 e. The monoisotopic (exact) mass is 440 g/mol. The van der Waals surface area contributed by atoms with Crippen molar-refractivity contribution >= 4 is 29.0 Å². The highest BCUT2D eigenvalue weighted by atomic mass is 16.1. The SMILES string of the molecule is CC=C(/C=C(N)\C(C=N)=C(/C)c1nc(/C(C)=C/C(C)=N)cn1C)C(N)=O.CCCCCC. The standard InChI is InChI=1S/C19H26N6O.C6H14/c1-6-14(18(23)26)8-16(22)15(9-20)13(4)19-24-17(10-25(19)5)11(2)7-12(3)21;1-3-5-6-4-2/h6-10,20-21H,22H2,1-5H3,(H2,23,26);3-6H2,1-2H3/b11-7+,14-6?,15-13+,16-8+,20-9?,21-12?;. The number of allylic oxidation sites excluding steroid dienone is 5. The second-order valence-corrected chi connectivity index (χ2v) is 7.67. The first kappa shape index (κ1) is 28.8. The van der Waals surface area contributed by atoms with Gasteiger partial charge in [0.1, 0.15) is 5.82 Å². The molecular weight excluding hydrogens is 400 g/mol. The molecular formula is C25H40N6O. The average molecular weight is 441 g/mol. The Labute approximate surface area is 193 Å². The van der Waals surface area contributed by atoms with Crippen molar-refractivity contribution in [2.75, 3.05) is 0 Å². The van der Waals surface area contributed by atoms with Crippen LogP contribution < -0.4 is 11.5 Å². The minimum absolute atomic E-state index is 0.261. The Morgan fingerprint density at radius 1 is 1.12 bits per heavy atom. The maximum Gasteiger partial charge on any atom is 0.248 e. The quantitative estimate of drug-likeness (QED) is 0.173. The zero-order chi connectivity index (χ0) is 24.8. The summed E-state index contributed by atoms with van der Waals surface area (Å²) in [7, 11) is 1.85. The van der Waals surface area contributed by atoms with Crippen LogP contribution in [0.4, 0.5) is 0 Å². The Hall–Kier alpha value is -3.22. The molecule has 1 rings (SSSR count). The second-order valence-electron chi connectivity index (χ2n) is 7.67. The van der Waals surface area contributed by atoms with E-state index >= 15 is 0 Å². The molecule has 1 amide bonds. The fourth-order valence-electron chi connectivity index (χ4n) is 2.97. The van der Waals surface area contributed by atoms with Gasteiger partial charge in [0.05, 0.1) is 5.69 Å². The van der Waals surface area contributed by atoms with Gasteiger partial charge in [0, 0.05) is 47.6 Å². The van der Waals surface area contributed by atoms with Crippen LogP contribution in [0, 0.1) is 10.8 Å². The molecule has 0 aliphatic rings. The summed E-state index contributed by atoms with van der Waals surface area (Å²) < 4.78 is 1.84. The Balaban J connectivity index is 0.00000140. The maximum absolute atomic E-state index is 11.4. The lowest BCUT2D eigenvalue weighted by Gasteiger charge is -2.09. The Bertz CT molecular complexity index is 924. The van der Waals surface area contributed by atoms with E-state index in [-0.39, 0.29) is 11.3 Å². The molecule has 0 atom stereocenters. The highest BCUT2D eigenvalue weighted by Crippen LogP contribution is 2.22. The summed E-state index contributed by atoms with van der Waals surface area (Å²) in [6, 6.07) is 0. The third-order valence-electron chi connectivity index (χ3n) is 4.77. The van der Waals surface area contributed by atoms with Gasteiger partial charge in [-0.25, -0.2) is 4.98 Å². The summed E-state index contributed by atoms with van der Waals surface area (Å²) in [4.78, 5) is 16.0. The molecule has 176 valence electrons. The number of carbonyl (C=O) groups excluding carboxylic acids is 1.